The lowest BCUT2D eigenvalue weighted by atomic mass is 9.89. The van der Waals surface area contributed by atoms with Crippen LogP contribution in [0.2, 0.25) is 0 Å². The summed E-state index contributed by atoms with van der Waals surface area (Å²) < 4.78 is 0. The molecule has 0 aromatic carbocycles. The van der Waals surface area contributed by atoms with Gasteiger partial charge in [0.15, 0.2) is 0 Å². The van der Waals surface area contributed by atoms with Crippen molar-refractivity contribution in [2.24, 2.45) is 17.6 Å². The van der Waals surface area contributed by atoms with E-state index in [4.69, 9.17) is 5.73 Å². The Bertz CT molecular complexity index is 264. The van der Waals surface area contributed by atoms with E-state index in [-0.39, 0.29) is 5.54 Å². The van der Waals surface area contributed by atoms with Gasteiger partial charge in [0, 0.05) is 12.1 Å². The van der Waals surface area contributed by atoms with E-state index in [1.807, 2.05) is 0 Å². The Morgan fingerprint density at radius 3 is 2.43 bits per heavy atom. The van der Waals surface area contributed by atoms with Crippen LogP contribution in [0.25, 0.3) is 0 Å². The molecule has 0 amide bonds. The highest BCUT2D eigenvalue weighted by Crippen LogP contribution is 2.30. The third kappa shape index (κ3) is 6.28. The number of hydrogen-bond acceptors (Lipinski definition) is 2. The fourth-order valence-electron chi connectivity index (χ4n) is 3.83. The first kappa shape index (κ1) is 19.0. The maximum atomic E-state index is 6.18. The van der Waals surface area contributed by atoms with Crippen LogP contribution >= 0.6 is 0 Å². The van der Waals surface area contributed by atoms with Crippen molar-refractivity contribution in [1.29, 1.82) is 0 Å². The number of hydrogen-bond donors (Lipinski definition) is 1. The van der Waals surface area contributed by atoms with Crippen LogP contribution in [0.4, 0.5) is 0 Å². The van der Waals surface area contributed by atoms with Gasteiger partial charge in [-0.2, -0.15) is 0 Å². The Hall–Kier alpha value is -0.0800. The maximum Gasteiger partial charge on any atom is 0.0303 e. The third-order valence-electron chi connectivity index (χ3n) is 5.74. The summed E-state index contributed by atoms with van der Waals surface area (Å²) in [6.45, 7) is 12.8. The lowest BCUT2D eigenvalue weighted by Crippen LogP contribution is -2.52. The molecule has 1 fully saturated rings. The van der Waals surface area contributed by atoms with Crippen LogP contribution in [-0.2, 0) is 0 Å². The molecule has 21 heavy (non-hydrogen) atoms. The summed E-state index contributed by atoms with van der Waals surface area (Å²) in [4.78, 5) is 2.72. The molecule has 0 aromatic rings. The molecule has 0 aliphatic carbocycles. The molecule has 2 atom stereocenters. The van der Waals surface area contributed by atoms with Gasteiger partial charge in [-0.25, -0.2) is 0 Å². The summed E-state index contributed by atoms with van der Waals surface area (Å²) in [5.74, 6) is 1.75. The zero-order valence-electron chi connectivity index (χ0n) is 15.2. The average molecular weight is 297 g/mol. The van der Waals surface area contributed by atoms with Crippen LogP contribution in [0.15, 0.2) is 0 Å². The minimum atomic E-state index is 0.234. The predicted molar refractivity (Wildman–Crippen MR) is 94.6 cm³/mol. The number of nitrogens with zero attached hydrogens (tertiary/aromatic N) is 1. The van der Waals surface area contributed by atoms with Crippen LogP contribution in [0.1, 0.15) is 85.5 Å². The molecular formula is C19H40N2. The van der Waals surface area contributed by atoms with Crippen molar-refractivity contribution in [1.82, 2.24) is 4.90 Å². The smallest absolute Gasteiger partial charge is 0.0303 e. The van der Waals surface area contributed by atoms with Gasteiger partial charge in [-0.1, -0.05) is 52.9 Å². The normalized spacial score (nSPS) is 24.0. The van der Waals surface area contributed by atoms with Crippen LogP contribution in [0, 0.1) is 11.8 Å². The van der Waals surface area contributed by atoms with Crippen LogP contribution < -0.4 is 5.73 Å². The highest BCUT2D eigenvalue weighted by atomic mass is 15.2. The van der Waals surface area contributed by atoms with E-state index in [1.165, 1.54) is 70.9 Å². The predicted octanol–water partition coefficient (Wildman–Crippen LogP) is 4.82. The standard InChI is InChI=1S/C19H40N2/c1-5-6-7-8-9-13-19(4,16-20)21-14-10-11-18(12-15-21)17(2)3/h17-18H,5-16,20H2,1-4H3. The van der Waals surface area contributed by atoms with Crippen molar-refractivity contribution in [3.05, 3.63) is 0 Å². The Labute approximate surface area is 133 Å². The van der Waals surface area contributed by atoms with Crippen molar-refractivity contribution < 1.29 is 0 Å². The summed E-state index contributed by atoms with van der Waals surface area (Å²) in [6, 6.07) is 0. The molecule has 1 aliphatic rings. The van der Waals surface area contributed by atoms with E-state index >= 15 is 0 Å². The molecule has 1 rings (SSSR count). The van der Waals surface area contributed by atoms with Crippen LogP contribution in [0.3, 0.4) is 0 Å². The van der Waals surface area contributed by atoms with E-state index in [1.54, 1.807) is 0 Å². The van der Waals surface area contributed by atoms with Crippen molar-refractivity contribution >= 4 is 0 Å². The van der Waals surface area contributed by atoms with Crippen molar-refractivity contribution in [2.75, 3.05) is 19.6 Å². The minimum absolute atomic E-state index is 0.234. The van der Waals surface area contributed by atoms with Gasteiger partial charge in [0.05, 0.1) is 0 Å². The number of rotatable bonds is 9. The fourth-order valence-corrected chi connectivity index (χ4v) is 3.83. The summed E-state index contributed by atoms with van der Waals surface area (Å²) >= 11 is 0. The van der Waals surface area contributed by atoms with Gasteiger partial charge >= 0.3 is 0 Å². The molecule has 126 valence electrons. The van der Waals surface area contributed by atoms with Crippen LogP contribution in [0.5, 0.6) is 0 Å². The molecule has 0 bridgehead atoms. The van der Waals surface area contributed by atoms with Gasteiger partial charge in [0.25, 0.3) is 0 Å². The number of unbranched alkanes of at least 4 members (excludes halogenated alkanes) is 4. The quantitative estimate of drug-likeness (QED) is 0.618. The molecule has 2 nitrogen and oxygen atoms in total. The lowest BCUT2D eigenvalue weighted by molar-refractivity contribution is 0.100. The first-order valence-electron chi connectivity index (χ1n) is 9.48. The average Bonchev–Trinajstić information content (AvgIpc) is 2.73. The Morgan fingerprint density at radius 1 is 1.10 bits per heavy atom. The molecule has 1 aliphatic heterocycles. The monoisotopic (exact) mass is 296 g/mol. The molecule has 2 heteroatoms. The van der Waals surface area contributed by atoms with Gasteiger partial charge in [-0.05, 0) is 57.5 Å². The highest BCUT2D eigenvalue weighted by molar-refractivity contribution is 4.89. The molecule has 0 spiro atoms. The first-order valence-corrected chi connectivity index (χ1v) is 9.48. The fraction of sp³-hybridized carbons (Fsp3) is 1.00. The van der Waals surface area contributed by atoms with Gasteiger partial charge in [-0.3, -0.25) is 4.90 Å². The molecule has 1 heterocycles. The molecule has 0 aromatic heterocycles. The molecule has 0 radical (unpaired) electrons. The van der Waals surface area contributed by atoms with E-state index in [0.717, 1.165) is 18.4 Å². The van der Waals surface area contributed by atoms with Crippen molar-refractivity contribution in [2.45, 2.75) is 91.0 Å². The summed E-state index contributed by atoms with van der Waals surface area (Å²) in [5, 5.41) is 0. The van der Waals surface area contributed by atoms with E-state index < -0.39 is 0 Å². The van der Waals surface area contributed by atoms with Crippen LogP contribution in [-0.4, -0.2) is 30.1 Å². The number of likely N-dealkylation sites (tertiary alicyclic amines) is 1. The van der Waals surface area contributed by atoms with Gasteiger partial charge in [-0.15, -0.1) is 0 Å². The van der Waals surface area contributed by atoms with Crippen molar-refractivity contribution in [3.8, 4) is 0 Å². The number of nitrogens with two attached hydrogens (primary N) is 1. The van der Waals surface area contributed by atoms with Gasteiger partial charge < -0.3 is 5.73 Å². The maximum absolute atomic E-state index is 6.18. The topological polar surface area (TPSA) is 29.3 Å². The highest BCUT2D eigenvalue weighted by Gasteiger charge is 2.32. The molecular weight excluding hydrogens is 256 g/mol. The lowest BCUT2D eigenvalue weighted by Gasteiger charge is -2.40. The molecule has 0 saturated carbocycles. The minimum Gasteiger partial charge on any atom is -0.329 e. The SMILES string of the molecule is CCCCCCCC(C)(CN)N1CCCC(C(C)C)CC1. The Morgan fingerprint density at radius 2 is 1.81 bits per heavy atom. The summed E-state index contributed by atoms with van der Waals surface area (Å²) in [5.41, 5.74) is 6.42. The zero-order valence-corrected chi connectivity index (χ0v) is 15.2. The second-order valence-electron chi connectivity index (χ2n) is 7.79. The Balaban J connectivity index is 2.45. The molecule has 2 unspecified atom stereocenters. The van der Waals surface area contributed by atoms with Gasteiger partial charge in [0.1, 0.15) is 0 Å². The second-order valence-corrected chi connectivity index (χ2v) is 7.79. The third-order valence-corrected chi connectivity index (χ3v) is 5.74. The van der Waals surface area contributed by atoms with E-state index in [2.05, 4.69) is 32.6 Å². The van der Waals surface area contributed by atoms with E-state index in [9.17, 15) is 0 Å². The second kappa shape index (κ2) is 9.84. The van der Waals surface area contributed by atoms with E-state index in [0.29, 0.717) is 0 Å². The first-order chi connectivity index (χ1) is 10.0. The summed E-state index contributed by atoms with van der Waals surface area (Å²) in [7, 11) is 0. The Kier molecular flexibility index (Phi) is 8.89. The molecule has 2 N–H and O–H groups in total. The molecule has 1 saturated heterocycles. The largest absolute Gasteiger partial charge is 0.329 e. The zero-order chi connectivity index (χ0) is 15.7. The van der Waals surface area contributed by atoms with Crippen molar-refractivity contribution in [3.63, 3.8) is 0 Å². The van der Waals surface area contributed by atoms with Gasteiger partial charge in [0.2, 0.25) is 0 Å². The summed E-state index contributed by atoms with van der Waals surface area (Å²) in [6.07, 6.45) is 12.2.